The van der Waals surface area contributed by atoms with Gasteiger partial charge in [0.25, 0.3) is 0 Å². The second-order valence-electron chi connectivity index (χ2n) is 4.53. The highest BCUT2D eigenvalue weighted by Crippen LogP contribution is 2.08. The number of benzene rings is 1. The van der Waals surface area contributed by atoms with Crippen molar-refractivity contribution in [2.75, 3.05) is 11.9 Å². The van der Waals surface area contributed by atoms with Crippen molar-refractivity contribution >= 4 is 11.7 Å². The highest BCUT2D eigenvalue weighted by molar-refractivity contribution is 5.89. The molecule has 2 N–H and O–H groups in total. The molecule has 0 aliphatic heterocycles. The summed E-state index contributed by atoms with van der Waals surface area (Å²) in [6.45, 7) is 2.55. The molecule has 19 heavy (non-hydrogen) atoms. The van der Waals surface area contributed by atoms with Gasteiger partial charge in [-0.2, -0.15) is 0 Å². The average molecular weight is 258 g/mol. The van der Waals surface area contributed by atoms with Gasteiger partial charge in [0.1, 0.15) is 0 Å². The van der Waals surface area contributed by atoms with E-state index in [-0.39, 0.29) is 6.03 Å². The van der Waals surface area contributed by atoms with Crippen molar-refractivity contribution in [2.24, 2.45) is 7.05 Å². The molecule has 2 aromatic rings. The Morgan fingerprint density at radius 3 is 2.95 bits per heavy atom. The molecular formula is C14H18N4O. The van der Waals surface area contributed by atoms with Gasteiger partial charge in [-0.25, -0.2) is 9.78 Å². The van der Waals surface area contributed by atoms with Crippen LogP contribution in [-0.2, 0) is 13.5 Å². The van der Waals surface area contributed by atoms with E-state index in [9.17, 15) is 4.79 Å². The van der Waals surface area contributed by atoms with E-state index < -0.39 is 0 Å². The summed E-state index contributed by atoms with van der Waals surface area (Å²) in [5.74, 6) is 0. The Bertz CT molecular complexity index is 562. The van der Waals surface area contributed by atoms with Crippen LogP contribution in [0.3, 0.4) is 0 Å². The summed E-state index contributed by atoms with van der Waals surface area (Å²) in [5, 5.41) is 5.61. The van der Waals surface area contributed by atoms with E-state index in [1.54, 1.807) is 6.33 Å². The minimum atomic E-state index is -0.193. The fourth-order valence-corrected chi connectivity index (χ4v) is 1.80. The fourth-order valence-electron chi connectivity index (χ4n) is 1.80. The molecule has 0 atom stereocenters. The van der Waals surface area contributed by atoms with Crippen LogP contribution in [-0.4, -0.2) is 22.1 Å². The van der Waals surface area contributed by atoms with Gasteiger partial charge >= 0.3 is 6.03 Å². The normalized spacial score (nSPS) is 10.2. The summed E-state index contributed by atoms with van der Waals surface area (Å²) in [6, 6.07) is 7.51. The molecule has 0 radical (unpaired) electrons. The van der Waals surface area contributed by atoms with Crippen molar-refractivity contribution in [3.63, 3.8) is 0 Å². The number of anilines is 1. The molecular weight excluding hydrogens is 240 g/mol. The first-order valence-electron chi connectivity index (χ1n) is 6.22. The van der Waals surface area contributed by atoms with Gasteiger partial charge in [-0.05, 0) is 24.6 Å². The Balaban J connectivity index is 1.76. The average Bonchev–Trinajstić information content (AvgIpc) is 2.75. The van der Waals surface area contributed by atoms with E-state index in [4.69, 9.17) is 0 Å². The van der Waals surface area contributed by atoms with Crippen LogP contribution in [0.2, 0.25) is 0 Å². The Kier molecular flexibility index (Phi) is 4.18. The summed E-state index contributed by atoms with van der Waals surface area (Å²) in [6.07, 6.45) is 4.42. The lowest BCUT2D eigenvalue weighted by atomic mass is 10.2. The molecule has 0 bridgehead atoms. The van der Waals surface area contributed by atoms with E-state index in [1.165, 1.54) is 0 Å². The maximum atomic E-state index is 11.7. The SMILES string of the molecule is Cc1cccc(NC(=O)NCCc2cn(C)cn2)c1. The summed E-state index contributed by atoms with van der Waals surface area (Å²) in [7, 11) is 1.92. The van der Waals surface area contributed by atoms with Crippen LogP contribution in [0.5, 0.6) is 0 Å². The molecule has 100 valence electrons. The van der Waals surface area contributed by atoms with Crippen molar-refractivity contribution in [2.45, 2.75) is 13.3 Å². The van der Waals surface area contributed by atoms with Crippen LogP contribution in [0.4, 0.5) is 10.5 Å². The number of amides is 2. The number of carbonyl (C=O) groups excluding carboxylic acids is 1. The predicted octanol–water partition coefficient (Wildman–Crippen LogP) is 2.09. The minimum absolute atomic E-state index is 0.193. The zero-order valence-corrected chi connectivity index (χ0v) is 11.2. The molecule has 0 unspecified atom stereocenters. The zero-order chi connectivity index (χ0) is 13.7. The number of carbonyl (C=O) groups is 1. The standard InChI is InChI=1S/C14H18N4O/c1-11-4-3-5-12(8-11)17-14(19)15-7-6-13-9-18(2)10-16-13/h3-5,8-10H,6-7H2,1-2H3,(H2,15,17,19). The van der Waals surface area contributed by atoms with Crippen LogP contribution in [0.25, 0.3) is 0 Å². The second-order valence-corrected chi connectivity index (χ2v) is 4.53. The third kappa shape index (κ3) is 4.13. The van der Waals surface area contributed by atoms with Crippen molar-refractivity contribution in [3.8, 4) is 0 Å². The first-order valence-corrected chi connectivity index (χ1v) is 6.22. The lowest BCUT2D eigenvalue weighted by Gasteiger charge is -2.07. The number of urea groups is 1. The van der Waals surface area contributed by atoms with E-state index in [0.29, 0.717) is 6.54 Å². The Morgan fingerprint density at radius 1 is 1.42 bits per heavy atom. The Labute approximate surface area is 112 Å². The maximum absolute atomic E-state index is 11.7. The zero-order valence-electron chi connectivity index (χ0n) is 11.2. The third-order valence-electron chi connectivity index (χ3n) is 2.70. The van der Waals surface area contributed by atoms with Crippen LogP contribution < -0.4 is 10.6 Å². The number of nitrogens with one attached hydrogen (secondary N) is 2. The molecule has 2 rings (SSSR count). The van der Waals surface area contributed by atoms with Gasteiger partial charge in [0.2, 0.25) is 0 Å². The van der Waals surface area contributed by atoms with Crippen LogP contribution in [0.1, 0.15) is 11.3 Å². The molecule has 1 aromatic heterocycles. The van der Waals surface area contributed by atoms with Crippen LogP contribution >= 0.6 is 0 Å². The first kappa shape index (κ1) is 13.1. The number of rotatable bonds is 4. The number of hydrogen-bond donors (Lipinski definition) is 2. The number of nitrogens with zero attached hydrogens (tertiary/aromatic N) is 2. The van der Waals surface area contributed by atoms with Crippen molar-refractivity contribution in [3.05, 3.63) is 48.0 Å². The van der Waals surface area contributed by atoms with E-state index in [0.717, 1.165) is 23.4 Å². The Hall–Kier alpha value is -2.30. The summed E-state index contributed by atoms with van der Waals surface area (Å²) < 4.78 is 1.89. The highest BCUT2D eigenvalue weighted by Gasteiger charge is 2.02. The van der Waals surface area contributed by atoms with E-state index in [1.807, 2.05) is 49.0 Å². The molecule has 0 saturated heterocycles. The number of aromatic nitrogens is 2. The smallest absolute Gasteiger partial charge is 0.319 e. The van der Waals surface area contributed by atoms with Crippen molar-refractivity contribution in [1.82, 2.24) is 14.9 Å². The molecule has 2 amide bonds. The third-order valence-corrected chi connectivity index (χ3v) is 2.70. The summed E-state index contributed by atoms with van der Waals surface area (Å²) in [5.41, 5.74) is 2.89. The van der Waals surface area contributed by atoms with Gasteiger partial charge in [0.15, 0.2) is 0 Å². The number of hydrogen-bond acceptors (Lipinski definition) is 2. The van der Waals surface area contributed by atoms with Gasteiger partial charge in [0.05, 0.1) is 12.0 Å². The van der Waals surface area contributed by atoms with Gasteiger partial charge in [-0.15, -0.1) is 0 Å². The summed E-state index contributed by atoms with van der Waals surface area (Å²) >= 11 is 0. The molecule has 0 saturated carbocycles. The molecule has 5 heteroatoms. The van der Waals surface area contributed by atoms with Crippen molar-refractivity contribution in [1.29, 1.82) is 0 Å². The topological polar surface area (TPSA) is 59.0 Å². The fraction of sp³-hybridized carbons (Fsp3) is 0.286. The second kappa shape index (κ2) is 6.04. The van der Waals surface area contributed by atoms with E-state index in [2.05, 4.69) is 15.6 Å². The molecule has 0 aliphatic rings. The molecule has 1 heterocycles. The van der Waals surface area contributed by atoms with Gasteiger partial charge in [0, 0.05) is 31.9 Å². The highest BCUT2D eigenvalue weighted by atomic mass is 16.2. The molecule has 0 spiro atoms. The predicted molar refractivity (Wildman–Crippen MR) is 75.1 cm³/mol. The van der Waals surface area contributed by atoms with Crippen molar-refractivity contribution < 1.29 is 4.79 Å². The largest absolute Gasteiger partial charge is 0.340 e. The monoisotopic (exact) mass is 258 g/mol. The van der Waals surface area contributed by atoms with Crippen LogP contribution in [0.15, 0.2) is 36.8 Å². The Morgan fingerprint density at radius 2 is 2.26 bits per heavy atom. The molecule has 5 nitrogen and oxygen atoms in total. The molecule has 0 fully saturated rings. The summed E-state index contributed by atoms with van der Waals surface area (Å²) in [4.78, 5) is 15.9. The lowest BCUT2D eigenvalue weighted by molar-refractivity contribution is 0.252. The molecule has 0 aliphatic carbocycles. The van der Waals surface area contributed by atoms with Crippen LogP contribution in [0, 0.1) is 6.92 Å². The van der Waals surface area contributed by atoms with Gasteiger partial charge in [-0.3, -0.25) is 0 Å². The quantitative estimate of drug-likeness (QED) is 0.882. The van der Waals surface area contributed by atoms with E-state index >= 15 is 0 Å². The van der Waals surface area contributed by atoms with Gasteiger partial charge < -0.3 is 15.2 Å². The minimum Gasteiger partial charge on any atom is -0.340 e. The first-order chi connectivity index (χ1) is 9.13. The number of aryl methyl sites for hydroxylation is 2. The maximum Gasteiger partial charge on any atom is 0.319 e. The number of imidazole rings is 1. The van der Waals surface area contributed by atoms with Gasteiger partial charge in [-0.1, -0.05) is 12.1 Å². The molecule has 1 aromatic carbocycles. The lowest BCUT2D eigenvalue weighted by Crippen LogP contribution is -2.30.